The Labute approximate surface area is 110 Å². The summed E-state index contributed by atoms with van der Waals surface area (Å²) in [4.78, 5) is 11.5. The molecule has 0 radical (unpaired) electrons. The highest BCUT2D eigenvalue weighted by atomic mass is 16.5. The number of carbonyl (C=O) groups excluding carboxylic acids is 1. The summed E-state index contributed by atoms with van der Waals surface area (Å²) in [5, 5.41) is 3.55. The summed E-state index contributed by atoms with van der Waals surface area (Å²) in [5.74, 6) is 0.0269. The highest BCUT2D eigenvalue weighted by Crippen LogP contribution is 2.46. The summed E-state index contributed by atoms with van der Waals surface area (Å²) >= 11 is 0. The second kappa shape index (κ2) is 5.57. The molecule has 2 atom stereocenters. The van der Waals surface area contributed by atoms with Crippen molar-refractivity contribution < 1.29 is 9.53 Å². The molecule has 2 fully saturated rings. The highest BCUT2D eigenvalue weighted by molar-refractivity contribution is 5.80. The molecule has 0 aromatic rings. The van der Waals surface area contributed by atoms with E-state index in [-0.39, 0.29) is 17.9 Å². The summed E-state index contributed by atoms with van der Waals surface area (Å²) in [6, 6.07) is 0.231. The van der Waals surface area contributed by atoms with Gasteiger partial charge in [-0.3, -0.25) is 4.79 Å². The van der Waals surface area contributed by atoms with Gasteiger partial charge in [-0.15, -0.1) is 0 Å². The first kappa shape index (κ1) is 13.8. The lowest BCUT2D eigenvalue weighted by Crippen LogP contribution is -2.54. The lowest BCUT2D eigenvalue weighted by molar-refractivity contribution is -0.121. The van der Waals surface area contributed by atoms with Gasteiger partial charge in [0.1, 0.15) is 0 Å². The SMILES string of the molecule is CC(C)C(NC1CCCC12CCOCC2)C(N)=O. The Bertz CT molecular complexity index is 298. The minimum atomic E-state index is -0.223. The van der Waals surface area contributed by atoms with Gasteiger partial charge < -0.3 is 15.8 Å². The molecular formula is C14H26N2O2. The van der Waals surface area contributed by atoms with E-state index >= 15 is 0 Å². The second-order valence-electron chi connectivity index (χ2n) is 6.21. The van der Waals surface area contributed by atoms with Gasteiger partial charge in [-0.05, 0) is 37.0 Å². The van der Waals surface area contributed by atoms with Crippen LogP contribution in [0.25, 0.3) is 0 Å². The molecule has 2 rings (SSSR count). The number of nitrogens with two attached hydrogens (primary N) is 1. The molecule has 0 aromatic heterocycles. The van der Waals surface area contributed by atoms with E-state index in [0.29, 0.717) is 11.5 Å². The van der Waals surface area contributed by atoms with Crippen LogP contribution >= 0.6 is 0 Å². The van der Waals surface area contributed by atoms with Gasteiger partial charge in [0.05, 0.1) is 6.04 Å². The normalized spacial score (nSPS) is 28.7. The highest BCUT2D eigenvalue weighted by Gasteiger charge is 2.44. The zero-order valence-corrected chi connectivity index (χ0v) is 11.6. The van der Waals surface area contributed by atoms with E-state index in [0.717, 1.165) is 32.5 Å². The van der Waals surface area contributed by atoms with Gasteiger partial charge in [-0.2, -0.15) is 0 Å². The molecule has 1 amide bonds. The van der Waals surface area contributed by atoms with Crippen LogP contribution < -0.4 is 11.1 Å². The molecular weight excluding hydrogens is 228 g/mol. The van der Waals surface area contributed by atoms with Gasteiger partial charge in [0.25, 0.3) is 0 Å². The fourth-order valence-corrected chi connectivity index (χ4v) is 3.60. The molecule has 18 heavy (non-hydrogen) atoms. The average Bonchev–Trinajstić information content (AvgIpc) is 2.69. The summed E-state index contributed by atoms with van der Waals surface area (Å²) in [6.45, 7) is 5.82. The van der Waals surface area contributed by atoms with Crippen LogP contribution in [0, 0.1) is 11.3 Å². The molecule has 1 saturated carbocycles. The molecule has 1 heterocycles. The fourth-order valence-electron chi connectivity index (χ4n) is 3.60. The quantitative estimate of drug-likeness (QED) is 0.798. The first-order chi connectivity index (χ1) is 8.55. The summed E-state index contributed by atoms with van der Waals surface area (Å²) in [6.07, 6.45) is 5.91. The maximum Gasteiger partial charge on any atom is 0.234 e. The Kier molecular flexibility index (Phi) is 4.28. The van der Waals surface area contributed by atoms with Crippen LogP contribution in [0.4, 0.5) is 0 Å². The largest absolute Gasteiger partial charge is 0.381 e. The predicted molar refractivity (Wildman–Crippen MR) is 71.1 cm³/mol. The van der Waals surface area contributed by atoms with E-state index in [1.807, 2.05) is 13.8 Å². The van der Waals surface area contributed by atoms with E-state index in [1.54, 1.807) is 0 Å². The molecule has 2 unspecified atom stereocenters. The molecule has 104 valence electrons. The zero-order chi connectivity index (χ0) is 13.2. The topological polar surface area (TPSA) is 64.3 Å². The third-order valence-corrected chi connectivity index (χ3v) is 4.75. The van der Waals surface area contributed by atoms with Crippen molar-refractivity contribution in [3.63, 3.8) is 0 Å². The standard InChI is InChI=1S/C14H26N2O2/c1-10(2)12(13(15)17)16-11-4-3-5-14(11)6-8-18-9-7-14/h10-12,16H,3-9H2,1-2H3,(H2,15,17). The van der Waals surface area contributed by atoms with Crippen LogP contribution in [-0.2, 0) is 9.53 Å². The van der Waals surface area contributed by atoms with Gasteiger partial charge in [-0.25, -0.2) is 0 Å². The van der Waals surface area contributed by atoms with E-state index in [1.165, 1.54) is 12.8 Å². The van der Waals surface area contributed by atoms with Crippen molar-refractivity contribution in [2.45, 2.75) is 58.0 Å². The van der Waals surface area contributed by atoms with Gasteiger partial charge in [0.15, 0.2) is 0 Å². The fraction of sp³-hybridized carbons (Fsp3) is 0.929. The first-order valence-electron chi connectivity index (χ1n) is 7.18. The average molecular weight is 254 g/mol. The van der Waals surface area contributed by atoms with Crippen molar-refractivity contribution in [1.29, 1.82) is 0 Å². The molecule has 1 aliphatic heterocycles. The van der Waals surface area contributed by atoms with E-state index in [4.69, 9.17) is 10.5 Å². The van der Waals surface area contributed by atoms with Gasteiger partial charge in [0.2, 0.25) is 5.91 Å². The van der Waals surface area contributed by atoms with Crippen LogP contribution in [0.3, 0.4) is 0 Å². The Hall–Kier alpha value is -0.610. The number of primary amides is 1. The smallest absolute Gasteiger partial charge is 0.234 e. The maximum atomic E-state index is 11.5. The summed E-state index contributed by atoms with van der Waals surface area (Å²) < 4.78 is 5.48. The maximum absolute atomic E-state index is 11.5. The number of amides is 1. The molecule has 3 N–H and O–H groups in total. The van der Waals surface area contributed by atoms with Crippen LogP contribution in [0.5, 0.6) is 0 Å². The van der Waals surface area contributed by atoms with E-state index < -0.39 is 0 Å². The molecule has 0 bridgehead atoms. The zero-order valence-electron chi connectivity index (χ0n) is 11.6. The van der Waals surface area contributed by atoms with Gasteiger partial charge in [-0.1, -0.05) is 20.3 Å². The number of hydrogen-bond acceptors (Lipinski definition) is 3. The van der Waals surface area contributed by atoms with Gasteiger partial charge >= 0.3 is 0 Å². The van der Waals surface area contributed by atoms with Crippen LogP contribution in [-0.4, -0.2) is 31.2 Å². The minimum absolute atomic E-state index is 0.201. The summed E-state index contributed by atoms with van der Waals surface area (Å²) in [7, 11) is 0. The van der Waals surface area contributed by atoms with Crippen molar-refractivity contribution in [1.82, 2.24) is 5.32 Å². The van der Waals surface area contributed by atoms with Crippen LogP contribution in [0.15, 0.2) is 0 Å². The Balaban J connectivity index is 2.04. The van der Waals surface area contributed by atoms with Crippen molar-refractivity contribution in [3.8, 4) is 0 Å². The number of hydrogen-bond donors (Lipinski definition) is 2. The third-order valence-electron chi connectivity index (χ3n) is 4.75. The lowest BCUT2D eigenvalue weighted by atomic mass is 9.75. The van der Waals surface area contributed by atoms with Gasteiger partial charge in [0, 0.05) is 19.3 Å². The molecule has 1 saturated heterocycles. The molecule has 1 aliphatic carbocycles. The number of rotatable bonds is 4. The van der Waals surface area contributed by atoms with Crippen molar-refractivity contribution in [2.24, 2.45) is 17.1 Å². The predicted octanol–water partition coefficient (Wildman–Crippen LogP) is 1.44. The third kappa shape index (κ3) is 2.69. The Morgan fingerprint density at radius 2 is 2.00 bits per heavy atom. The first-order valence-corrected chi connectivity index (χ1v) is 7.18. The van der Waals surface area contributed by atoms with Crippen LogP contribution in [0.2, 0.25) is 0 Å². The van der Waals surface area contributed by atoms with Crippen molar-refractivity contribution >= 4 is 5.91 Å². The number of ether oxygens (including phenoxy) is 1. The molecule has 4 nitrogen and oxygen atoms in total. The number of carbonyl (C=O) groups is 1. The second-order valence-corrected chi connectivity index (χ2v) is 6.21. The van der Waals surface area contributed by atoms with E-state index in [2.05, 4.69) is 5.32 Å². The Morgan fingerprint density at radius 1 is 1.33 bits per heavy atom. The van der Waals surface area contributed by atoms with Crippen molar-refractivity contribution in [2.75, 3.05) is 13.2 Å². The van der Waals surface area contributed by atoms with E-state index in [9.17, 15) is 4.79 Å². The molecule has 1 spiro atoms. The Morgan fingerprint density at radius 3 is 2.56 bits per heavy atom. The lowest BCUT2D eigenvalue weighted by Gasteiger charge is -2.41. The van der Waals surface area contributed by atoms with Crippen LogP contribution in [0.1, 0.15) is 46.0 Å². The minimum Gasteiger partial charge on any atom is -0.381 e. The monoisotopic (exact) mass is 254 g/mol. The molecule has 2 aliphatic rings. The van der Waals surface area contributed by atoms with Crippen molar-refractivity contribution in [3.05, 3.63) is 0 Å². The molecule has 0 aromatic carbocycles. The summed E-state index contributed by atoms with van der Waals surface area (Å²) in [5.41, 5.74) is 5.86. The molecule has 4 heteroatoms. The number of nitrogens with one attached hydrogen (secondary N) is 1.